The summed E-state index contributed by atoms with van der Waals surface area (Å²) < 4.78 is 4.78. The number of nitrogens with zero attached hydrogens (tertiary/aromatic N) is 3. The molecule has 0 atom stereocenters. The Morgan fingerprint density at radius 2 is 1.84 bits per heavy atom. The lowest BCUT2D eigenvalue weighted by Crippen LogP contribution is -2.50. The first-order valence-electron chi connectivity index (χ1n) is 9.68. The molecule has 2 fully saturated rings. The van der Waals surface area contributed by atoms with Crippen LogP contribution in [-0.2, 0) is 4.74 Å². The molecule has 1 amide bonds. The van der Waals surface area contributed by atoms with Gasteiger partial charge in [-0.3, -0.25) is 4.99 Å². The molecular formula is C18H35N5O2. The minimum Gasteiger partial charge on any atom is -0.453 e. The Labute approximate surface area is 152 Å². The quantitative estimate of drug-likeness (QED) is 0.579. The van der Waals surface area contributed by atoms with E-state index in [0.717, 1.165) is 44.4 Å². The minimum absolute atomic E-state index is 0.227. The van der Waals surface area contributed by atoms with Crippen molar-refractivity contribution >= 4 is 12.1 Å². The Hall–Kier alpha value is -1.50. The molecule has 2 aliphatic rings. The molecule has 144 valence electrons. The van der Waals surface area contributed by atoms with Crippen molar-refractivity contribution in [2.75, 3.05) is 53.4 Å². The number of rotatable bonds is 5. The van der Waals surface area contributed by atoms with Gasteiger partial charge in [-0.15, -0.1) is 0 Å². The second-order valence-electron chi connectivity index (χ2n) is 7.04. The topological polar surface area (TPSA) is 69.2 Å². The number of piperidine rings is 2. The maximum absolute atomic E-state index is 11.5. The summed E-state index contributed by atoms with van der Waals surface area (Å²) in [5.74, 6) is 1.71. The van der Waals surface area contributed by atoms with Gasteiger partial charge in [0.15, 0.2) is 5.96 Å². The third-order valence-corrected chi connectivity index (χ3v) is 5.49. The van der Waals surface area contributed by atoms with Crippen molar-refractivity contribution in [3.8, 4) is 0 Å². The van der Waals surface area contributed by atoms with Crippen LogP contribution in [0.25, 0.3) is 0 Å². The molecule has 0 aromatic carbocycles. The highest BCUT2D eigenvalue weighted by atomic mass is 16.5. The molecule has 0 spiro atoms. The Morgan fingerprint density at radius 1 is 1.16 bits per heavy atom. The predicted molar refractivity (Wildman–Crippen MR) is 101 cm³/mol. The number of amides is 1. The van der Waals surface area contributed by atoms with Crippen LogP contribution in [0.3, 0.4) is 0 Å². The summed E-state index contributed by atoms with van der Waals surface area (Å²) in [5.41, 5.74) is 0. The molecule has 0 radical (unpaired) electrons. The van der Waals surface area contributed by atoms with Gasteiger partial charge in [-0.1, -0.05) is 6.92 Å². The standard InChI is InChI=1S/C18H35N5O2/c1-4-22-11-6-15(7-12-22)5-10-20-17(19-2)21-16-8-13-23(14-9-16)18(24)25-3/h15-16H,4-14H2,1-3H3,(H2,19,20,21). The zero-order chi connectivity index (χ0) is 18.1. The number of methoxy groups -OCH3 is 1. The second kappa shape index (κ2) is 10.5. The van der Waals surface area contributed by atoms with Crippen LogP contribution < -0.4 is 10.6 Å². The highest BCUT2D eigenvalue weighted by molar-refractivity contribution is 5.80. The molecule has 7 heteroatoms. The first-order chi connectivity index (χ1) is 12.2. The second-order valence-corrected chi connectivity index (χ2v) is 7.04. The molecule has 25 heavy (non-hydrogen) atoms. The Morgan fingerprint density at radius 3 is 2.40 bits per heavy atom. The van der Waals surface area contributed by atoms with Crippen LogP contribution in [0.15, 0.2) is 4.99 Å². The molecular weight excluding hydrogens is 318 g/mol. The molecule has 2 heterocycles. The van der Waals surface area contributed by atoms with Gasteiger partial charge in [0.1, 0.15) is 0 Å². The van der Waals surface area contributed by atoms with Crippen LogP contribution >= 0.6 is 0 Å². The highest BCUT2D eigenvalue weighted by Gasteiger charge is 2.24. The van der Waals surface area contributed by atoms with Crippen molar-refractivity contribution < 1.29 is 9.53 Å². The highest BCUT2D eigenvalue weighted by Crippen LogP contribution is 2.19. The van der Waals surface area contributed by atoms with E-state index in [-0.39, 0.29) is 6.09 Å². The van der Waals surface area contributed by atoms with E-state index in [1.165, 1.54) is 46.0 Å². The maximum Gasteiger partial charge on any atom is 0.409 e. The number of nitrogens with one attached hydrogen (secondary N) is 2. The van der Waals surface area contributed by atoms with Crippen molar-refractivity contribution in [3.05, 3.63) is 0 Å². The summed E-state index contributed by atoms with van der Waals surface area (Å²) >= 11 is 0. The maximum atomic E-state index is 11.5. The summed E-state index contributed by atoms with van der Waals surface area (Å²) in [5, 5.41) is 6.94. The summed E-state index contributed by atoms with van der Waals surface area (Å²) in [7, 11) is 3.25. The number of carbonyl (C=O) groups excluding carboxylic acids is 1. The van der Waals surface area contributed by atoms with Crippen molar-refractivity contribution in [1.29, 1.82) is 0 Å². The molecule has 7 nitrogen and oxygen atoms in total. The van der Waals surface area contributed by atoms with Gasteiger partial charge in [0.2, 0.25) is 0 Å². The largest absolute Gasteiger partial charge is 0.453 e. The van der Waals surface area contributed by atoms with E-state index in [9.17, 15) is 4.79 Å². The first kappa shape index (κ1) is 19.8. The summed E-state index contributed by atoms with van der Waals surface area (Å²) in [6.45, 7) is 8.34. The molecule has 2 saturated heterocycles. The number of guanidine groups is 1. The van der Waals surface area contributed by atoms with Gasteiger partial charge in [0.05, 0.1) is 7.11 Å². The van der Waals surface area contributed by atoms with Crippen molar-refractivity contribution in [3.63, 3.8) is 0 Å². The monoisotopic (exact) mass is 353 g/mol. The number of carbonyl (C=O) groups is 1. The normalized spacial score (nSPS) is 21.2. The number of ether oxygens (including phenoxy) is 1. The van der Waals surface area contributed by atoms with Crippen molar-refractivity contribution in [1.82, 2.24) is 20.4 Å². The van der Waals surface area contributed by atoms with E-state index in [4.69, 9.17) is 4.74 Å². The Bertz CT molecular complexity index is 427. The van der Waals surface area contributed by atoms with E-state index in [2.05, 4.69) is 27.4 Å². The lowest BCUT2D eigenvalue weighted by molar-refractivity contribution is 0.111. The fourth-order valence-corrected chi connectivity index (χ4v) is 3.71. The smallest absolute Gasteiger partial charge is 0.409 e. The molecule has 0 aliphatic carbocycles. The molecule has 2 rings (SSSR count). The van der Waals surface area contributed by atoms with Gasteiger partial charge < -0.3 is 25.2 Å². The molecule has 0 aromatic heterocycles. The Balaban J connectivity index is 1.62. The zero-order valence-electron chi connectivity index (χ0n) is 16.1. The van der Waals surface area contributed by atoms with Crippen molar-refractivity contribution in [2.24, 2.45) is 10.9 Å². The van der Waals surface area contributed by atoms with E-state index in [1.54, 1.807) is 4.90 Å². The third kappa shape index (κ3) is 6.38. The van der Waals surface area contributed by atoms with Crippen LogP contribution in [0.4, 0.5) is 4.79 Å². The molecule has 0 unspecified atom stereocenters. The SMILES string of the molecule is CCN1CCC(CCNC(=NC)NC2CCN(C(=O)OC)CC2)CC1. The fraction of sp³-hybridized carbons (Fsp3) is 0.889. The van der Waals surface area contributed by atoms with Gasteiger partial charge in [0, 0.05) is 32.7 Å². The van der Waals surface area contributed by atoms with Gasteiger partial charge in [-0.25, -0.2) is 4.79 Å². The third-order valence-electron chi connectivity index (χ3n) is 5.49. The summed E-state index contributed by atoms with van der Waals surface area (Å²) in [6, 6.07) is 0.361. The first-order valence-corrected chi connectivity index (χ1v) is 9.68. The summed E-state index contributed by atoms with van der Waals surface area (Å²) in [4.78, 5) is 20.2. The van der Waals surface area contributed by atoms with Crippen LogP contribution in [0.1, 0.15) is 39.0 Å². The fourth-order valence-electron chi connectivity index (χ4n) is 3.71. The average molecular weight is 354 g/mol. The van der Waals surface area contributed by atoms with Gasteiger partial charge in [-0.05, 0) is 57.7 Å². The number of aliphatic imine (C=N–C) groups is 1. The number of hydrogen-bond acceptors (Lipinski definition) is 4. The lowest BCUT2D eigenvalue weighted by Gasteiger charge is -2.32. The molecule has 0 saturated carbocycles. The predicted octanol–water partition coefficient (Wildman–Crippen LogP) is 1.50. The van der Waals surface area contributed by atoms with Gasteiger partial charge in [0.25, 0.3) is 0 Å². The van der Waals surface area contributed by atoms with E-state index < -0.39 is 0 Å². The van der Waals surface area contributed by atoms with Gasteiger partial charge >= 0.3 is 6.09 Å². The lowest BCUT2D eigenvalue weighted by atomic mass is 9.93. The number of hydrogen-bond donors (Lipinski definition) is 2. The van der Waals surface area contributed by atoms with E-state index in [0.29, 0.717) is 6.04 Å². The van der Waals surface area contributed by atoms with E-state index in [1.807, 2.05) is 7.05 Å². The Kier molecular flexibility index (Phi) is 8.31. The summed E-state index contributed by atoms with van der Waals surface area (Å²) in [6.07, 6.45) is 5.45. The van der Waals surface area contributed by atoms with Gasteiger partial charge in [-0.2, -0.15) is 0 Å². The molecule has 2 aliphatic heterocycles. The minimum atomic E-state index is -0.227. The van der Waals surface area contributed by atoms with Crippen LogP contribution in [0.5, 0.6) is 0 Å². The molecule has 2 N–H and O–H groups in total. The zero-order valence-corrected chi connectivity index (χ0v) is 16.1. The van der Waals surface area contributed by atoms with Crippen LogP contribution in [0.2, 0.25) is 0 Å². The number of likely N-dealkylation sites (tertiary alicyclic amines) is 2. The van der Waals surface area contributed by atoms with Crippen molar-refractivity contribution in [2.45, 2.75) is 45.1 Å². The van der Waals surface area contributed by atoms with E-state index >= 15 is 0 Å². The van der Waals surface area contributed by atoms with Crippen LogP contribution in [0, 0.1) is 5.92 Å². The molecule has 0 aromatic rings. The van der Waals surface area contributed by atoms with Crippen LogP contribution in [-0.4, -0.2) is 81.3 Å². The average Bonchev–Trinajstić information content (AvgIpc) is 2.67. The molecule has 0 bridgehead atoms.